The average molecular weight is 543 g/mol. The average Bonchev–Trinajstić information content (AvgIpc) is 3.60. The van der Waals surface area contributed by atoms with Gasteiger partial charge in [-0.25, -0.2) is 13.4 Å². The molecule has 1 aromatic carbocycles. The quantitative estimate of drug-likeness (QED) is 0.401. The molecular weight excluding hydrogens is 511 g/mol. The monoisotopic (exact) mass is 542 g/mol. The van der Waals surface area contributed by atoms with E-state index in [-0.39, 0.29) is 23.9 Å². The van der Waals surface area contributed by atoms with Crippen LogP contribution in [0.15, 0.2) is 34.5 Å². The second-order valence-electron chi connectivity index (χ2n) is 9.00. The first-order valence-corrected chi connectivity index (χ1v) is 16.0. The molecule has 1 aromatic heterocycles. The molecule has 2 fully saturated rings. The minimum atomic E-state index is -3.78. The van der Waals surface area contributed by atoms with Crippen molar-refractivity contribution in [3.05, 3.63) is 40.9 Å². The van der Waals surface area contributed by atoms with Crippen molar-refractivity contribution in [3.63, 3.8) is 0 Å². The van der Waals surface area contributed by atoms with Crippen LogP contribution in [0.1, 0.15) is 56.2 Å². The largest absolute Gasteiger partial charge is 0.381 e. The fourth-order valence-electron chi connectivity index (χ4n) is 4.25. The topological polar surface area (TPSA) is 132 Å². The Labute approximate surface area is 209 Å². The van der Waals surface area contributed by atoms with Crippen LogP contribution in [0.5, 0.6) is 0 Å². The normalized spacial score (nSPS) is 19.7. The Morgan fingerprint density at radius 2 is 1.94 bits per heavy atom. The fraction of sp³-hybridized carbons (Fsp3) is 0.565. The first-order valence-electron chi connectivity index (χ1n) is 11.8. The van der Waals surface area contributed by atoms with E-state index in [1.807, 2.05) is 0 Å². The molecule has 0 spiro atoms. The number of hydrogen-bond donors (Lipinski definition) is 2. The number of carbonyl (C=O) groups is 1. The van der Waals surface area contributed by atoms with E-state index in [0.717, 1.165) is 18.4 Å². The number of thiazole rings is 1. The minimum absolute atomic E-state index is 0.121. The third-order valence-corrected chi connectivity index (χ3v) is 10.7. The highest BCUT2D eigenvalue weighted by Crippen LogP contribution is 2.45. The molecule has 2 aliphatic rings. The number of hydrogen-bond acceptors (Lipinski definition) is 8. The van der Waals surface area contributed by atoms with E-state index < -0.39 is 23.4 Å². The van der Waals surface area contributed by atoms with Gasteiger partial charge in [0.15, 0.2) is 15.0 Å². The van der Waals surface area contributed by atoms with Gasteiger partial charge in [-0.3, -0.25) is 9.36 Å². The summed E-state index contributed by atoms with van der Waals surface area (Å²) >= 11 is 1.18. The molecule has 4 rings (SSSR count). The van der Waals surface area contributed by atoms with E-state index in [0.29, 0.717) is 54.1 Å². The van der Waals surface area contributed by atoms with Crippen molar-refractivity contribution >= 4 is 39.8 Å². The molecule has 2 atom stereocenters. The third kappa shape index (κ3) is 6.99. The van der Waals surface area contributed by atoms with Gasteiger partial charge in [0.2, 0.25) is 5.91 Å². The van der Waals surface area contributed by atoms with Crippen molar-refractivity contribution in [2.75, 3.05) is 25.1 Å². The zero-order valence-corrected chi connectivity index (χ0v) is 22.1. The molecule has 1 saturated heterocycles. The SMILES string of the molecule is CCOP(=O)(O)Cc1csc(NC(=O)[C@H](CC2CCOCC2)c2ccc(S(=O)(=O)C3CC3)cc2)n1. The molecule has 9 nitrogen and oxygen atoms in total. The number of aromatic nitrogens is 1. The van der Waals surface area contributed by atoms with E-state index in [9.17, 15) is 22.7 Å². The van der Waals surface area contributed by atoms with Gasteiger partial charge in [0, 0.05) is 18.6 Å². The molecule has 35 heavy (non-hydrogen) atoms. The number of sulfone groups is 1. The molecule has 192 valence electrons. The van der Waals surface area contributed by atoms with Gasteiger partial charge < -0.3 is 19.5 Å². The highest BCUT2D eigenvalue weighted by molar-refractivity contribution is 7.92. The molecule has 1 aliphatic carbocycles. The lowest BCUT2D eigenvalue weighted by molar-refractivity contribution is -0.118. The van der Waals surface area contributed by atoms with Crippen LogP contribution < -0.4 is 5.32 Å². The van der Waals surface area contributed by atoms with Gasteiger partial charge in [0.25, 0.3) is 0 Å². The van der Waals surface area contributed by atoms with E-state index in [1.165, 1.54) is 11.3 Å². The van der Waals surface area contributed by atoms with Crippen LogP contribution in [-0.2, 0) is 34.6 Å². The summed E-state index contributed by atoms with van der Waals surface area (Å²) in [5.41, 5.74) is 1.12. The maximum atomic E-state index is 13.4. The lowest BCUT2D eigenvalue weighted by Crippen LogP contribution is -2.26. The number of nitrogens with one attached hydrogen (secondary N) is 1. The van der Waals surface area contributed by atoms with Crippen molar-refractivity contribution in [1.29, 1.82) is 0 Å². The Kier molecular flexibility index (Phi) is 8.45. The van der Waals surface area contributed by atoms with Crippen molar-refractivity contribution in [1.82, 2.24) is 4.98 Å². The maximum Gasteiger partial charge on any atom is 0.334 e. The van der Waals surface area contributed by atoms with E-state index >= 15 is 0 Å². The number of benzene rings is 1. The summed E-state index contributed by atoms with van der Waals surface area (Å²) < 4.78 is 47.5. The predicted octanol–water partition coefficient (Wildman–Crippen LogP) is 4.34. The third-order valence-electron chi connectivity index (χ3n) is 6.28. The molecule has 1 aliphatic heterocycles. The fourth-order valence-corrected chi connectivity index (χ4v) is 7.81. The summed E-state index contributed by atoms with van der Waals surface area (Å²) in [6, 6.07) is 6.66. The number of carbonyl (C=O) groups excluding carboxylic acids is 1. The summed E-state index contributed by atoms with van der Waals surface area (Å²) in [7, 11) is -7.08. The molecule has 0 bridgehead atoms. The molecule has 2 aromatic rings. The van der Waals surface area contributed by atoms with Gasteiger partial charge in [-0.15, -0.1) is 11.3 Å². The van der Waals surface area contributed by atoms with Gasteiger partial charge in [-0.2, -0.15) is 0 Å². The van der Waals surface area contributed by atoms with Crippen LogP contribution in [0.2, 0.25) is 0 Å². The first-order chi connectivity index (χ1) is 16.7. The predicted molar refractivity (Wildman–Crippen MR) is 133 cm³/mol. The van der Waals surface area contributed by atoms with Gasteiger partial charge in [0.1, 0.15) is 0 Å². The highest BCUT2D eigenvalue weighted by atomic mass is 32.2. The number of nitrogens with zero attached hydrogens (tertiary/aromatic N) is 1. The Bertz CT molecular complexity index is 1170. The standard InChI is InChI=1S/C23H31N2O7PS2/c1-2-32-33(27,28)14-18-15-34-23(24-18)25-22(26)21(13-16-9-11-31-12-10-16)17-3-5-19(6-4-17)35(29,30)20-7-8-20/h3-6,15-16,20-21H,2,7-14H2,1H3,(H,27,28)(H,24,25,26)/t21-/m1/s1. The molecule has 0 radical (unpaired) electrons. The van der Waals surface area contributed by atoms with Gasteiger partial charge in [-0.05, 0) is 62.6 Å². The van der Waals surface area contributed by atoms with Gasteiger partial charge >= 0.3 is 7.60 Å². The minimum Gasteiger partial charge on any atom is -0.381 e. The Morgan fingerprint density at radius 3 is 2.57 bits per heavy atom. The lowest BCUT2D eigenvalue weighted by atomic mass is 9.84. The van der Waals surface area contributed by atoms with Crippen molar-refractivity contribution in [2.24, 2.45) is 5.92 Å². The maximum absolute atomic E-state index is 13.4. The summed E-state index contributed by atoms with van der Waals surface area (Å²) in [5, 5.41) is 4.53. The lowest BCUT2D eigenvalue weighted by Gasteiger charge is -2.26. The van der Waals surface area contributed by atoms with Crippen molar-refractivity contribution in [2.45, 2.75) is 61.3 Å². The van der Waals surface area contributed by atoms with Gasteiger partial charge in [-0.1, -0.05) is 12.1 Å². The summed E-state index contributed by atoms with van der Waals surface area (Å²) in [4.78, 5) is 27.8. The Hall–Kier alpha value is -1.62. The second kappa shape index (κ2) is 11.2. The molecule has 1 saturated carbocycles. The number of anilines is 1. The molecule has 1 unspecified atom stereocenters. The zero-order valence-electron chi connectivity index (χ0n) is 19.6. The van der Waals surface area contributed by atoms with Crippen LogP contribution in [0.25, 0.3) is 0 Å². The van der Waals surface area contributed by atoms with E-state index in [2.05, 4.69) is 10.3 Å². The second-order valence-corrected chi connectivity index (χ2v) is 13.9. The molecule has 2 heterocycles. The smallest absolute Gasteiger partial charge is 0.334 e. The van der Waals surface area contributed by atoms with Gasteiger partial charge in [0.05, 0.1) is 34.5 Å². The number of amides is 1. The van der Waals surface area contributed by atoms with Crippen molar-refractivity contribution in [3.8, 4) is 0 Å². The number of rotatable bonds is 11. The molecular formula is C23H31N2O7PS2. The first kappa shape index (κ1) is 26.4. The summed E-state index contributed by atoms with van der Waals surface area (Å²) in [6.07, 6.45) is 3.51. The summed E-state index contributed by atoms with van der Waals surface area (Å²) in [5.74, 6) is -0.421. The van der Waals surface area contributed by atoms with E-state index in [4.69, 9.17) is 9.26 Å². The Morgan fingerprint density at radius 1 is 1.26 bits per heavy atom. The summed E-state index contributed by atoms with van der Waals surface area (Å²) in [6.45, 7) is 3.08. The zero-order chi connectivity index (χ0) is 25.1. The molecule has 12 heteroatoms. The van der Waals surface area contributed by atoms with Crippen LogP contribution >= 0.6 is 18.9 Å². The van der Waals surface area contributed by atoms with Crippen LogP contribution in [0.4, 0.5) is 5.13 Å². The van der Waals surface area contributed by atoms with Crippen LogP contribution in [0, 0.1) is 5.92 Å². The van der Waals surface area contributed by atoms with Crippen LogP contribution in [-0.4, -0.2) is 49.3 Å². The molecule has 1 amide bonds. The van der Waals surface area contributed by atoms with E-state index in [1.54, 1.807) is 36.6 Å². The van der Waals surface area contributed by atoms with Crippen LogP contribution in [0.3, 0.4) is 0 Å². The highest BCUT2D eigenvalue weighted by Gasteiger charge is 2.37. The Balaban J connectivity index is 1.50. The molecule has 2 N–H and O–H groups in total. The van der Waals surface area contributed by atoms with Crippen molar-refractivity contribution < 1.29 is 31.9 Å². The number of ether oxygens (including phenoxy) is 1.